The Labute approximate surface area is 188 Å². The highest BCUT2D eigenvalue weighted by molar-refractivity contribution is 7.87. The zero-order valence-electron chi connectivity index (χ0n) is 18.3. The van der Waals surface area contributed by atoms with E-state index in [1.807, 2.05) is 0 Å². The van der Waals surface area contributed by atoms with E-state index in [4.69, 9.17) is 4.18 Å². The summed E-state index contributed by atoms with van der Waals surface area (Å²) in [5.74, 6) is 0.780. The molecule has 0 radical (unpaired) electrons. The maximum atomic E-state index is 12.7. The first-order chi connectivity index (χ1) is 14.7. The highest BCUT2D eigenvalue weighted by atomic mass is 32.2. The average molecular weight is 463 g/mol. The van der Waals surface area contributed by atoms with E-state index in [0.29, 0.717) is 12.0 Å². The summed E-state index contributed by atoms with van der Waals surface area (Å²) >= 11 is 1.48. The number of nitrogens with zero attached hydrogens (tertiary/aromatic N) is 1. The van der Waals surface area contributed by atoms with Crippen LogP contribution < -0.4 is 20.1 Å². The molecule has 0 atom stereocenters. The summed E-state index contributed by atoms with van der Waals surface area (Å²) in [7, 11) is -3.92. The molecule has 1 aromatic heterocycles. The molecule has 0 unspecified atom stereocenters. The van der Waals surface area contributed by atoms with Crippen LogP contribution in [0.1, 0.15) is 27.7 Å². The van der Waals surface area contributed by atoms with Crippen LogP contribution >= 0.6 is 11.3 Å². The lowest BCUT2D eigenvalue weighted by molar-refractivity contribution is 0.486. The topological polar surface area (TPSA) is 92.4 Å². The SMILES string of the molecule is CC(C)CNc1nc2ccc(OS(=O)(=O)c3ccc(NCCNC(C)C)cc3)cc2s1. The zero-order chi connectivity index (χ0) is 22.4. The number of fused-ring (bicyclic) bond motifs is 1. The molecule has 168 valence electrons. The first-order valence-corrected chi connectivity index (χ1v) is 12.6. The van der Waals surface area contributed by atoms with Crippen LogP contribution in [0.25, 0.3) is 10.2 Å². The second kappa shape index (κ2) is 10.3. The minimum absolute atomic E-state index is 0.113. The van der Waals surface area contributed by atoms with Crippen molar-refractivity contribution in [3.63, 3.8) is 0 Å². The monoisotopic (exact) mass is 462 g/mol. The van der Waals surface area contributed by atoms with Crippen molar-refractivity contribution < 1.29 is 12.6 Å². The summed E-state index contributed by atoms with van der Waals surface area (Å²) in [6.45, 7) is 10.9. The Balaban J connectivity index is 1.64. The Morgan fingerprint density at radius 1 is 1.00 bits per heavy atom. The number of hydrogen-bond acceptors (Lipinski definition) is 8. The van der Waals surface area contributed by atoms with Gasteiger partial charge >= 0.3 is 10.1 Å². The van der Waals surface area contributed by atoms with E-state index in [1.165, 1.54) is 11.3 Å². The number of aromatic nitrogens is 1. The molecule has 3 aromatic rings. The first-order valence-electron chi connectivity index (χ1n) is 10.4. The molecule has 0 aliphatic heterocycles. The smallest absolute Gasteiger partial charge is 0.339 e. The van der Waals surface area contributed by atoms with E-state index in [1.54, 1.807) is 42.5 Å². The second-order valence-corrected chi connectivity index (χ2v) is 10.6. The predicted octanol–water partition coefficient (Wildman–Crippen LogP) is 4.54. The fourth-order valence-electron chi connectivity index (χ4n) is 2.81. The van der Waals surface area contributed by atoms with Crippen LogP contribution in [0.5, 0.6) is 5.75 Å². The lowest BCUT2D eigenvalue weighted by atomic mass is 10.2. The minimum Gasteiger partial charge on any atom is -0.384 e. The molecule has 9 heteroatoms. The fraction of sp³-hybridized carbons (Fsp3) is 0.409. The van der Waals surface area contributed by atoms with Gasteiger partial charge in [0, 0.05) is 37.4 Å². The van der Waals surface area contributed by atoms with Crippen LogP contribution in [0.3, 0.4) is 0 Å². The largest absolute Gasteiger partial charge is 0.384 e. The van der Waals surface area contributed by atoms with Gasteiger partial charge in [-0.25, -0.2) is 4.98 Å². The Morgan fingerprint density at radius 3 is 2.42 bits per heavy atom. The van der Waals surface area contributed by atoms with E-state index in [0.717, 1.165) is 40.7 Å². The van der Waals surface area contributed by atoms with Crippen LogP contribution in [0, 0.1) is 5.92 Å². The Hall–Kier alpha value is -2.36. The maximum Gasteiger partial charge on any atom is 0.339 e. The molecule has 0 bridgehead atoms. The molecule has 2 aromatic carbocycles. The average Bonchev–Trinajstić information content (AvgIpc) is 3.12. The standard InChI is InChI=1S/C22H30N4O3S2/c1-15(2)14-25-22-26-20-10-7-18(13-21(20)30-22)29-31(27,28)19-8-5-17(6-9-19)24-12-11-23-16(3)4/h5-10,13,15-16,23-24H,11-12,14H2,1-4H3,(H,25,26). The third-order valence-electron chi connectivity index (χ3n) is 4.38. The van der Waals surface area contributed by atoms with Gasteiger partial charge < -0.3 is 20.1 Å². The van der Waals surface area contributed by atoms with E-state index in [-0.39, 0.29) is 10.6 Å². The molecular formula is C22H30N4O3S2. The maximum absolute atomic E-state index is 12.7. The summed E-state index contributed by atoms with van der Waals surface area (Å²) in [6.07, 6.45) is 0. The molecule has 0 amide bonds. The minimum atomic E-state index is -3.92. The summed E-state index contributed by atoms with van der Waals surface area (Å²) < 4.78 is 31.6. The van der Waals surface area contributed by atoms with Crippen molar-refractivity contribution in [2.24, 2.45) is 5.92 Å². The van der Waals surface area contributed by atoms with Gasteiger partial charge in [0.05, 0.1) is 10.2 Å². The molecule has 0 aliphatic rings. The molecule has 3 N–H and O–H groups in total. The normalized spacial score (nSPS) is 11.9. The van der Waals surface area contributed by atoms with Crippen molar-refractivity contribution in [1.82, 2.24) is 10.3 Å². The summed E-state index contributed by atoms with van der Waals surface area (Å²) in [5, 5.41) is 10.7. The number of thiazole rings is 1. The van der Waals surface area contributed by atoms with Crippen molar-refractivity contribution in [3.05, 3.63) is 42.5 Å². The third kappa shape index (κ3) is 6.81. The van der Waals surface area contributed by atoms with Crippen molar-refractivity contribution in [1.29, 1.82) is 0 Å². The van der Waals surface area contributed by atoms with Crippen LogP contribution in [0.15, 0.2) is 47.4 Å². The fourth-order valence-corrected chi connectivity index (χ4v) is 4.63. The molecule has 0 fully saturated rings. The molecule has 0 saturated carbocycles. The van der Waals surface area contributed by atoms with Crippen LogP contribution in [0.4, 0.5) is 10.8 Å². The quantitative estimate of drug-likeness (QED) is 0.284. The van der Waals surface area contributed by atoms with Crippen LogP contribution in [-0.2, 0) is 10.1 Å². The van der Waals surface area contributed by atoms with Gasteiger partial charge in [-0.2, -0.15) is 8.42 Å². The molecule has 0 aliphatic carbocycles. The van der Waals surface area contributed by atoms with Crippen LogP contribution in [-0.4, -0.2) is 39.1 Å². The molecular weight excluding hydrogens is 432 g/mol. The highest BCUT2D eigenvalue weighted by Crippen LogP contribution is 2.30. The summed E-state index contributed by atoms with van der Waals surface area (Å²) in [6, 6.07) is 12.1. The zero-order valence-corrected chi connectivity index (χ0v) is 19.9. The first kappa shape index (κ1) is 23.3. The number of benzene rings is 2. The summed E-state index contributed by atoms with van der Waals surface area (Å²) in [4.78, 5) is 4.63. The Kier molecular flexibility index (Phi) is 7.74. The van der Waals surface area contributed by atoms with Gasteiger partial charge in [-0.3, -0.25) is 0 Å². The van der Waals surface area contributed by atoms with E-state index < -0.39 is 10.1 Å². The molecule has 0 spiro atoms. The van der Waals surface area contributed by atoms with Crippen molar-refractivity contribution in [2.75, 3.05) is 30.3 Å². The lowest BCUT2D eigenvalue weighted by Gasteiger charge is -2.11. The predicted molar refractivity (Wildman–Crippen MR) is 129 cm³/mol. The van der Waals surface area contributed by atoms with Crippen molar-refractivity contribution in [3.8, 4) is 5.75 Å². The van der Waals surface area contributed by atoms with Gasteiger partial charge in [0.1, 0.15) is 10.6 Å². The second-order valence-electron chi connectivity index (χ2n) is 8.02. The Bertz CT molecular complexity index is 1090. The Morgan fingerprint density at radius 2 is 1.74 bits per heavy atom. The number of anilines is 2. The molecule has 7 nitrogen and oxygen atoms in total. The van der Waals surface area contributed by atoms with Gasteiger partial charge in [0.25, 0.3) is 0 Å². The van der Waals surface area contributed by atoms with Crippen molar-refractivity contribution in [2.45, 2.75) is 38.6 Å². The number of hydrogen-bond donors (Lipinski definition) is 3. The lowest BCUT2D eigenvalue weighted by Crippen LogP contribution is -2.28. The van der Waals surface area contributed by atoms with Gasteiger partial charge in [-0.1, -0.05) is 39.0 Å². The molecule has 1 heterocycles. The number of nitrogens with one attached hydrogen (secondary N) is 3. The molecule has 31 heavy (non-hydrogen) atoms. The molecule has 3 rings (SSSR count). The van der Waals surface area contributed by atoms with Gasteiger partial charge in [0.2, 0.25) is 0 Å². The van der Waals surface area contributed by atoms with E-state index in [2.05, 4.69) is 48.6 Å². The van der Waals surface area contributed by atoms with Gasteiger partial charge in [-0.15, -0.1) is 0 Å². The molecule has 0 saturated heterocycles. The van der Waals surface area contributed by atoms with Crippen molar-refractivity contribution >= 4 is 42.5 Å². The highest BCUT2D eigenvalue weighted by Gasteiger charge is 2.17. The van der Waals surface area contributed by atoms with Crippen LogP contribution in [0.2, 0.25) is 0 Å². The van der Waals surface area contributed by atoms with E-state index >= 15 is 0 Å². The van der Waals surface area contributed by atoms with Gasteiger partial charge in [-0.05, 0) is 42.3 Å². The third-order valence-corrected chi connectivity index (χ3v) is 6.61. The van der Waals surface area contributed by atoms with Gasteiger partial charge in [0.15, 0.2) is 5.13 Å². The van der Waals surface area contributed by atoms with E-state index in [9.17, 15) is 8.42 Å². The number of rotatable bonds is 11. The summed E-state index contributed by atoms with van der Waals surface area (Å²) in [5.41, 5.74) is 1.67.